The van der Waals surface area contributed by atoms with Crippen LogP contribution in [-0.4, -0.2) is 28.3 Å². The van der Waals surface area contributed by atoms with Gasteiger partial charge in [-0.05, 0) is 6.42 Å². The van der Waals surface area contributed by atoms with Gasteiger partial charge >= 0.3 is 35.5 Å². The molecule has 0 aliphatic rings. The van der Waals surface area contributed by atoms with E-state index in [9.17, 15) is 4.79 Å². The van der Waals surface area contributed by atoms with E-state index in [2.05, 4.69) is 0 Å². The zero-order chi connectivity index (χ0) is 7.49. The molecule has 1 unspecified atom stereocenters. The topological polar surface area (TPSA) is 83.5 Å². The van der Waals surface area contributed by atoms with Gasteiger partial charge in [-0.3, -0.25) is 4.79 Å². The summed E-state index contributed by atoms with van der Waals surface area (Å²) >= 11 is 0. The number of hydrogen-bond acceptors (Lipinski definition) is 3. The first kappa shape index (κ1) is 13.0. The molecule has 0 heterocycles. The molecule has 0 fully saturated rings. The SMILES string of the molecule is CCC(N)(CO)C(=O)O.[H-].[Na+]. The molecule has 0 rings (SSSR count). The van der Waals surface area contributed by atoms with Crippen molar-refractivity contribution in [3.8, 4) is 0 Å². The average Bonchev–Trinajstić information content (AvgIpc) is 1.86. The Morgan fingerprint density at radius 1 is 1.80 bits per heavy atom. The minimum Gasteiger partial charge on any atom is -1.00 e. The quantitative estimate of drug-likeness (QED) is 0.368. The van der Waals surface area contributed by atoms with E-state index in [1.54, 1.807) is 6.92 Å². The van der Waals surface area contributed by atoms with Crippen molar-refractivity contribution in [1.82, 2.24) is 0 Å². The van der Waals surface area contributed by atoms with Crippen LogP contribution in [0.25, 0.3) is 0 Å². The van der Waals surface area contributed by atoms with Crippen molar-refractivity contribution in [1.29, 1.82) is 0 Å². The third-order valence-electron chi connectivity index (χ3n) is 1.34. The molecule has 10 heavy (non-hydrogen) atoms. The maximum atomic E-state index is 10.2. The molecular weight excluding hydrogens is 145 g/mol. The summed E-state index contributed by atoms with van der Waals surface area (Å²) in [6.45, 7) is 1.10. The van der Waals surface area contributed by atoms with Crippen LogP contribution in [0.2, 0.25) is 0 Å². The van der Waals surface area contributed by atoms with Crippen LogP contribution < -0.4 is 35.3 Å². The van der Waals surface area contributed by atoms with E-state index in [0.717, 1.165) is 0 Å². The Balaban J connectivity index is -0.000000320. The Kier molecular flexibility index (Phi) is 6.63. The summed E-state index contributed by atoms with van der Waals surface area (Å²) in [6.07, 6.45) is 0.235. The number of carbonyl (C=O) groups is 1. The standard InChI is InChI=1S/C5H11NO3.Na.H/c1-2-5(6,3-7)4(8)9;;/h7H,2-3,6H2,1H3,(H,8,9);;/q;+1;-1. The Labute approximate surface area is 83.2 Å². The molecule has 56 valence electrons. The summed E-state index contributed by atoms with van der Waals surface area (Å²) in [7, 11) is 0. The van der Waals surface area contributed by atoms with Crippen LogP contribution in [0, 0.1) is 0 Å². The number of carboxylic acids is 1. The van der Waals surface area contributed by atoms with E-state index >= 15 is 0 Å². The van der Waals surface area contributed by atoms with Crippen LogP contribution in [-0.2, 0) is 4.79 Å². The Morgan fingerprint density at radius 2 is 2.20 bits per heavy atom. The molecule has 0 aromatic heterocycles. The van der Waals surface area contributed by atoms with Crippen LogP contribution >= 0.6 is 0 Å². The maximum Gasteiger partial charge on any atom is 1.00 e. The van der Waals surface area contributed by atoms with Crippen molar-refractivity contribution in [2.24, 2.45) is 5.73 Å². The van der Waals surface area contributed by atoms with Gasteiger partial charge in [0.25, 0.3) is 0 Å². The van der Waals surface area contributed by atoms with E-state index in [1.807, 2.05) is 0 Å². The molecule has 0 radical (unpaired) electrons. The number of aliphatic hydroxyl groups excluding tert-OH is 1. The summed E-state index contributed by atoms with van der Waals surface area (Å²) in [6, 6.07) is 0. The number of hydrogen-bond donors (Lipinski definition) is 3. The van der Waals surface area contributed by atoms with Crippen molar-refractivity contribution in [3.05, 3.63) is 0 Å². The first-order chi connectivity index (χ1) is 4.06. The van der Waals surface area contributed by atoms with Crippen LogP contribution in [0.1, 0.15) is 14.8 Å². The summed E-state index contributed by atoms with van der Waals surface area (Å²) in [5.74, 6) is -1.16. The molecule has 1 atom stereocenters. The van der Waals surface area contributed by atoms with E-state index in [4.69, 9.17) is 15.9 Å². The minimum atomic E-state index is -1.44. The molecule has 0 saturated carbocycles. The molecule has 5 heteroatoms. The Morgan fingerprint density at radius 3 is 2.20 bits per heavy atom. The second-order valence-corrected chi connectivity index (χ2v) is 1.97. The smallest absolute Gasteiger partial charge is 1.00 e. The number of carboxylic acid groups (broad SMARTS) is 1. The summed E-state index contributed by atoms with van der Waals surface area (Å²) < 4.78 is 0. The zero-order valence-corrected chi connectivity index (χ0v) is 8.29. The second kappa shape index (κ2) is 5.09. The predicted molar refractivity (Wildman–Crippen MR) is 33.0 cm³/mol. The van der Waals surface area contributed by atoms with Crippen molar-refractivity contribution in [2.75, 3.05) is 6.61 Å². The van der Waals surface area contributed by atoms with Crippen molar-refractivity contribution < 1.29 is 46.0 Å². The predicted octanol–water partition coefficient (Wildman–Crippen LogP) is -3.71. The molecule has 0 spiro atoms. The van der Waals surface area contributed by atoms with Crippen molar-refractivity contribution in [3.63, 3.8) is 0 Å². The zero-order valence-electron chi connectivity index (χ0n) is 7.29. The fourth-order valence-electron chi connectivity index (χ4n) is 0.331. The molecule has 4 nitrogen and oxygen atoms in total. The molecule has 0 aliphatic heterocycles. The minimum absolute atomic E-state index is 0. The molecule has 4 N–H and O–H groups in total. The maximum absolute atomic E-state index is 10.2. The molecule has 0 saturated heterocycles. The van der Waals surface area contributed by atoms with Crippen molar-refractivity contribution in [2.45, 2.75) is 18.9 Å². The van der Waals surface area contributed by atoms with E-state index in [1.165, 1.54) is 0 Å². The number of aliphatic carboxylic acids is 1. The Bertz CT molecular complexity index is 118. The van der Waals surface area contributed by atoms with Crippen LogP contribution in [0.5, 0.6) is 0 Å². The fraction of sp³-hybridized carbons (Fsp3) is 0.800. The fourth-order valence-corrected chi connectivity index (χ4v) is 0.331. The van der Waals surface area contributed by atoms with Gasteiger partial charge in [0, 0.05) is 0 Å². The first-order valence-electron chi connectivity index (χ1n) is 2.70. The summed E-state index contributed by atoms with van der Waals surface area (Å²) in [4.78, 5) is 10.2. The van der Waals surface area contributed by atoms with Gasteiger partial charge in [-0.1, -0.05) is 6.92 Å². The van der Waals surface area contributed by atoms with E-state index < -0.39 is 18.1 Å². The van der Waals surface area contributed by atoms with Crippen molar-refractivity contribution >= 4 is 5.97 Å². The van der Waals surface area contributed by atoms with Crippen LogP contribution in [0.15, 0.2) is 0 Å². The summed E-state index contributed by atoms with van der Waals surface area (Å²) in [5.41, 5.74) is 3.75. The van der Waals surface area contributed by atoms with Gasteiger partial charge < -0.3 is 17.4 Å². The normalized spacial score (nSPS) is 15.1. The van der Waals surface area contributed by atoms with Crippen LogP contribution in [0.3, 0.4) is 0 Å². The monoisotopic (exact) mass is 157 g/mol. The molecule has 0 bridgehead atoms. The summed E-state index contributed by atoms with van der Waals surface area (Å²) in [5, 5.41) is 16.8. The number of rotatable bonds is 3. The van der Waals surface area contributed by atoms with Gasteiger partial charge in [0.1, 0.15) is 5.54 Å². The molecular formula is C5H12NNaO3. The molecule has 0 aromatic rings. The van der Waals surface area contributed by atoms with Gasteiger partial charge in [-0.15, -0.1) is 0 Å². The average molecular weight is 157 g/mol. The molecule has 0 aromatic carbocycles. The third kappa shape index (κ3) is 2.98. The van der Waals surface area contributed by atoms with Gasteiger partial charge in [0.2, 0.25) is 0 Å². The van der Waals surface area contributed by atoms with Gasteiger partial charge in [0.15, 0.2) is 0 Å². The Hall–Kier alpha value is 0.390. The number of aliphatic hydroxyl groups is 1. The van der Waals surface area contributed by atoms with Gasteiger partial charge in [-0.25, -0.2) is 0 Å². The van der Waals surface area contributed by atoms with Gasteiger partial charge in [-0.2, -0.15) is 0 Å². The first-order valence-corrected chi connectivity index (χ1v) is 2.70. The number of nitrogens with two attached hydrogens (primary N) is 1. The molecule has 0 amide bonds. The largest absolute Gasteiger partial charge is 1.00 e. The van der Waals surface area contributed by atoms with Crippen LogP contribution in [0.4, 0.5) is 0 Å². The van der Waals surface area contributed by atoms with E-state index in [-0.39, 0.29) is 37.4 Å². The molecule has 0 aliphatic carbocycles. The third-order valence-corrected chi connectivity index (χ3v) is 1.34. The van der Waals surface area contributed by atoms with E-state index in [0.29, 0.717) is 0 Å². The second-order valence-electron chi connectivity index (χ2n) is 1.97. The van der Waals surface area contributed by atoms with Gasteiger partial charge in [0.05, 0.1) is 6.61 Å².